The first-order chi connectivity index (χ1) is 12.1. The van der Waals surface area contributed by atoms with Gasteiger partial charge < -0.3 is 15.2 Å². The summed E-state index contributed by atoms with van der Waals surface area (Å²) >= 11 is 0. The first kappa shape index (κ1) is 18.1. The molecule has 0 radical (unpaired) electrons. The van der Waals surface area contributed by atoms with Crippen molar-refractivity contribution in [2.24, 2.45) is 0 Å². The number of benzene rings is 1. The molecule has 2 aromatic rings. The Morgan fingerprint density at radius 1 is 1.40 bits per heavy atom. The highest BCUT2D eigenvalue weighted by molar-refractivity contribution is 5.31. The highest BCUT2D eigenvalue weighted by Crippen LogP contribution is 2.32. The monoisotopic (exact) mass is 343 g/mol. The highest BCUT2D eigenvalue weighted by atomic mass is 16.5. The third-order valence-corrected chi connectivity index (χ3v) is 4.73. The smallest absolute Gasteiger partial charge is 0.0898 e. The van der Waals surface area contributed by atoms with Crippen LogP contribution >= 0.6 is 0 Å². The number of aliphatic hydroxyl groups excluding tert-OH is 1. The number of rotatable bonds is 8. The van der Waals surface area contributed by atoms with Crippen LogP contribution in [0.1, 0.15) is 42.6 Å². The Morgan fingerprint density at radius 3 is 3.04 bits per heavy atom. The van der Waals surface area contributed by atoms with Gasteiger partial charge in [0.15, 0.2) is 0 Å². The Bertz CT molecular complexity index is 670. The molecule has 5 heteroatoms. The third kappa shape index (κ3) is 5.14. The predicted molar refractivity (Wildman–Crippen MR) is 98.5 cm³/mol. The number of hydrogen-bond acceptors (Lipinski definition) is 4. The van der Waals surface area contributed by atoms with Gasteiger partial charge in [0, 0.05) is 18.8 Å². The SMILES string of the molecule is Cc1cnn(C[C@H](C)NC[C@@H](O)CO[C@@H]2CCCc3ccccc32)c1. The van der Waals surface area contributed by atoms with Crippen molar-refractivity contribution in [3.05, 3.63) is 53.3 Å². The average Bonchev–Trinajstić information content (AvgIpc) is 3.02. The maximum Gasteiger partial charge on any atom is 0.0898 e. The Balaban J connectivity index is 1.40. The number of nitrogens with one attached hydrogen (secondary N) is 1. The van der Waals surface area contributed by atoms with Crippen LogP contribution in [0, 0.1) is 6.92 Å². The number of nitrogens with zero attached hydrogens (tertiary/aromatic N) is 2. The molecule has 5 nitrogen and oxygen atoms in total. The maximum absolute atomic E-state index is 10.2. The second-order valence-corrected chi connectivity index (χ2v) is 7.12. The van der Waals surface area contributed by atoms with Crippen molar-refractivity contribution in [1.82, 2.24) is 15.1 Å². The van der Waals surface area contributed by atoms with Crippen molar-refractivity contribution in [3.63, 3.8) is 0 Å². The molecule has 1 aromatic heterocycles. The first-order valence-electron chi connectivity index (χ1n) is 9.21. The molecule has 0 unspecified atom stereocenters. The van der Waals surface area contributed by atoms with E-state index >= 15 is 0 Å². The van der Waals surface area contributed by atoms with E-state index in [4.69, 9.17) is 4.74 Å². The molecule has 1 heterocycles. The van der Waals surface area contributed by atoms with E-state index in [0.717, 1.165) is 31.4 Å². The summed E-state index contributed by atoms with van der Waals surface area (Å²) in [6.45, 7) is 5.81. The van der Waals surface area contributed by atoms with Crippen LogP contribution in [0.25, 0.3) is 0 Å². The van der Waals surface area contributed by atoms with Gasteiger partial charge in [-0.25, -0.2) is 0 Å². The molecule has 0 amide bonds. The summed E-state index contributed by atoms with van der Waals surface area (Å²) in [5, 5.41) is 17.9. The highest BCUT2D eigenvalue weighted by Gasteiger charge is 2.21. The minimum absolute atomic E-state index is 0.115. The largest absolute Gasteiger partial charge is 0.389 e. The van der Waals surface area contributed by atoms with Gasteiger partial charge in [-0.3, -0.25) is 4.68 Å². The fraction of sp³-hybridized carbons (Fsp3) is 0.550. The van der Waals surface area contributed by atoms with Gasteiger partial charge in [0.25, 0.3) is 0 Å². The van der Waals surface area contributed by atoms with E-state index in [9.17, 15) is 5.11 Å². The van der Waals surface area contributed by atoms with Crippen LogP contribution in [0.4, 0.5) is 0 Å². The quantitative estimate of drug-likeness (QED) is 0.774. The Labute approximate surface area is 150 Å². The molecular weight excluding hydrogens is 314 g/mol. The van der Waals surface area contributed by atoms with E-state index in [1.165, 1.54) is 11.1 Å². The molecule has 25 heavy (non-hydrogen) atoms. The van der Waals surface area contributed by atoms with Crippen molar-refractivity contribution in [2.45, 2.75) is 57.9 Å². The van der Waals surface area contributed by atoms with E-state index in [-0.39, 0.29) is 12.1 Å². The van der Waals surface area contributed by atoms with Crippen molar-refractivity contribution in [3.8, 4) is 0 Å². The normalized spacial score (nSPS) is 19.4. The summed E-state index contributed by atoms with van der Waals surface area (Å²) in [6.07, 6.45) is 6.81. The minimum atomic E-state index is -0.504. The van der Waals surface area contributed by atoms with Crippen LogP contribution < -0.4 is 5.32 Å². The van der Waals surface area contributed by atoms with Gasteiger partial charge in [0.2, 0.25) is 0 Å². The van der Waals surface area contributed by atoms with Crippen molar-refractivity contribution in [2.75, 3.05) is 13.2 Å². The molecule has 3 atom stereocenters. The minimum Gasteiger partial charge on any atom is -0.389 e. The van der Waals surface area contributed by atoms with Crippen LogP contribution in [0.15, 0.2) is 36.7 Å². The van der Waals surface area contributed by atoms with Gasteiger partial charge in [-0.2, -0.15) is 5.10 Å². The lowest BCUT2D eigenvalue weighted by Crippen LogP contribution is -2.38. The van der Waals surface area contributed by atoms with E-state index in [1.807, 2.05) is 24.0 Å². The van der Waals surface area contributed by atoms with Gasteiger partial charge in [0.1, 0.15) is 0 Å². The molecule has 0 saturated heterocycles. The summed E-state index contributed by atoms with van der Waals surface area (Å²) in [4.78, 5) is 0. The number of aryl methyl sites for hydroxylation is 2. The first-order valence-corrected chi connectivity index (χ1v) is 9.21. The molecule has 0 spiro atoms. The Morgan fingerprint density at radius 2 is 2.24 bits per heavy atom. The van der Waals surface area contributed by atoms with E-state index in [2.05, 4.69) is 41.6 Å². The summed E-state index contributed by atoms with van der Waals surface area (Å²) in [5.41, 5.74) is 3.83. The summed E-state index contributed by atoms with van der Waals surface area (Å²) < 4.78 is 7.94. The summed E-state index contributed by atoms with van der Waals surface area (Å²) in [5.74, 6) is 0. The topological polar surface area (TPSA) is 59.3 Å². The second-order valence-electron chi connectivity index (χ2n) is 7.12. The van der Waals surface area contributed by atoms with Crippen LogP contribution in [-0.4, -0.2) is 40.2 Å². The Hall–Kier alpha value is -1.69. The van der Waals surface area contributed by atoms with Gasteiger partial charge in [-0.1, -0.05) is 24.3 Å². The second kappa shape index (κ2) is 8.61. The maximum atomic E-state index is 10.2. The van der Waals surface area contributed by atoms with Crippen LogP contribution in [0.5, 0.6) is 0 Å². The molecule has 0 saturated carbocycles. The molecule has 1 aliphatic rings. The molecule has 1 aromatic carbocycles. The molecule has 0 bridgehead atoms. The van der Waals surface area contributed by atoms with Crippen molar-refractivity contribution >= 4 is 0 Å². The summed E-state index contributed by atoms with van der Waals surface area (Å²) in [7, 11) is 0. The fourth-order valence-electron chi connectivity index (χ4n) is 3.42. The van der Waals surface area contributed by atoms with Gasteiger partial charge in [-0.15, -0.1) is 0 Å². The molecule has 0 aliphatic heterocycles. The van der Waals surface area contributed by atoms with E-state index in [0.29, 0.717) is 13.2 Å². The fourth-order valence-corrected chi connectivity index (χ4v) is 3.42. The molecule has 1 aliphatic carbocycles. The van der Waals surface area contributed by atoms with E-state index in [1.54, 1.807) is 0 Å². The lowest BCUT2D eigenvalue weighted by molar-refractivity contribution is -0.0174. The van der Waals surface area contributed by atoms with Crippen LogP contribution in [0.2, 0.25) is 0 Å². The van der Waals surface area contributed by atoms with E-state index < -0.39 is 6.10 Å². The predicted octanol–water partition coefficient (Wildman–Crippen LogP) is 2.62. The van der Waals surface area contributed by atoms with Crippen molar-refractivity contribution in [1.29, 1.82) is 0 Å². The average molecular weight is 343 g/mol. The zero-order valence-electron chi connectivity index (χ0n) is 15.2. The molecular formula is C20H29N3O2. The lowest BCUT2D eigenvalue weighted by Gasteiger charge is -2.27. The molecule has 3 rings (SSSR count). The third-order valence-electron chi connectivity index (χ3n) is 4.73. The number of ether oxygens (including phenoxy) is 1. The van der Waals surface area contributed by atoms with Crippen LogP contribution in [0.3, 0.4) is 0 Å². The number of aliphatic hydroxyl groups is 1. The number of hydrogen-bond donors (Lipinski definition) is 2. The molecule has 2 N–H and O–H groups in total. The molecule has 0 fully saturated rings. The number of aromatic nitrogens is 2. The molecule has 136 valence electrons. The summed E-state index contributed by atoms with van der Waals surface area (Å²) in [6, 6.07) is 8.73. The lowest BCUT2D eigenvalue weighted by atomic mass is 9.89. The zero-order chi connectivity index (χ0) is 17.6. The zero-order valence-corrected chi connectivity index (χ0v) is 15.2. The van der Waals surface area contributed by atoms with Gasteiger partial charge in [0.05, 0.1) is 31.6 Å². The van der Waals surface area contributed by atoms with Gasteiger partial charge >= 0.3 is 0 Å². The number of fused-ring (bicyclic) bond motifs is 1. The standard InChI is InChI=1S/C20H29N3O2/c1-15-10-22-23(12-15)13-16(2)21-11-18(24)14-25-20-9-5-7-17-6-3-4-8-19(17)20/h3-4,6,8,10,12,16,18,20-21,24H,5,7,9,11,13-14H2,1-2H3/t16-,18+,20+/m0/s1. The van der Waals surface area contributed by atoms with Gasteiger partial charge in [-0.05, 0) is 49.8 Å². The Kier molecular flexibility index (Phi) is 6.24. The van der Waals surface area contributed by atoms with Crippen molar-refractivity contribution < 1.29 is 9.84 Å². The van der Waals surface area contributed by atoms with Crippen LogP contribution in [-0.2, 0) is 17.7 Å².